The Morgan fingerprint density at radius 1 is 1.28 bits per heavy atom. The van der Waals surface area contributed by atoms with Gasteiger partial charge in [0.05, 0.1) is 0 Å². The Morgan fingerprint density at radius 2 is 1.78 bits per heavy atom. The molecule has 2 aliphatic rings. The summed E-state index contributed by atoms with van der Waals surface area (Å²) in [7, 11) is -2.35. The largest absolute Gasteiger partial charge is 0.432 e. The molecule has 2 atom stereocenters. The number of carbonyl (C=O) groups excluding carboxylic acids is 1. The number of nitrogens with zero attached hydrogens (tertiary/aromatic N) is 1. The Balaban J connectivity index is 0.000000659. The average Bonchev–Trinajstić information content (AvgIpc) is 2.74. The summed E-state index contributed by atoms with van der Waals surface area (Å²) in [5.74, 6) is 0. The molecule has 2 heterocycles. The van der Waals surface area contributed by atoms with Gasteiger partial charge in [-0.1, -0.05) is 45.5 Å². The Morgan fingerprint density at radius 3 is 2.28 bits per heavy atom. The predicted molar refractivity (Wildman–Crippen MR) is 74.8 cm³/mol. The summed E-state index contributed by atoms with van der Waals surface area (Å²) in [4.78, 5) is 12.0. The van der Waals surface area contributed by atoms with Crippen molar-refractivity contribution < 1.29 is 17.9 Å². The van der Waals surface area contributed by atoms with E-state index in [-0.39, 0.29) is 0 Å². The van der Waals surface area contributed by atoms with Crippen LogP contribution in [0.25, 0.3) is 0 Å². The van der Waals surface area contributed by atoms with Crippen molar-refractivity contribution in [1.82, 2.24) is 4.31 Å². The SMILES string of the molecule is CC.CC.CC1=CC2C(OC(=O)N(C)S2(=O)=O)S1. The Bertz CT molecular complexity index is 417. The molecule has 0 aliphatic carbocycles. The van der Waals surface area contributed by atoms with Crippen molar-refractivity contribution in [3.63, 3.8) is 0 Å². The fourth-order valence-electron chi connectivity index (χ4n) is 1.38. The summed E-state index contributed by atoms with van der Waals surface area (Å²) in [5.41, 5.74) is -0.608. The first-order chi connectivity index (χ1) is 8.43. The minimum absolute atomic E-state index is 0.608. The van der Waals surface area contributed by atoms with Crippen molar-refractivity contribution in [1.29, 1.82) is 0 Å². The Kier molecular flexibility index (Phi) is 6.77. The molecule has 1 saturated heterocycles. The molecular formula is C11H21NO4S2. The smallest absolute Gasteiger partial charge is 0.424 e. The third kappa shape index (κ3) is 3.20. The summed E-state index contributed by atoms with van der Waals surface area (Å²) < 4.78 is 29.0. The molecule has 5 nitrogen and oxygen atoms in total. The Hall–Kier alpha value is -0.690. The lowest BCUT2D eigenvalue weighted by Gasteiger charge is -2.30. The maximum absolute atomic E-state index is 11.7. The van der Waals surface area contributed by atoms with E-state index in [9.17, 15) is 13.2 Å². The quantitative estimate of drug-likeness (QED) is 0.687. The molecule has 0 aromatic heterocycles. The zero-order chi connectivity index (χ0) is 14.5. The molecule has 1 fully saturated rings. The summed E-state index contributed by atoms with van der Waals surface area (Å²) in [6.45, 7) is 9.80. The molecule has 2 unspecified atom stereocenters. The van der Waals surface area contributed by atoms with Crippen molar-refractivity contribution in [3.8, 4) is 0 Å². The van der Waals surface area contributed by atoms with Crippen LogP contribution < -0.4 is 0 Å². The second kappa shape index (κ2) is 7.04. The molecule has 0 aromatic rings. The van der Waals surface area contributed by atoms with Gasteiger partial charge in [0, 0.05) is 7.05 Å². The zero-order valence-electron chi connectivity index (χ0n) is 11.6. The van der Waals surface area contributed by atoms with Crippen LogP contribution in [0.3, 0.4) is 0 Å². The minimum atomic E-state index is -3.56. The van der Waals surface area contributed by atoms with Gasteiger partial charge in [-0.15, -0.1) is 0 Å². The highest BCUT2D eigenvalue weighted by molar-refractivity contribution is 8.05. The molecule has 0 radical (unpaired) electrons. The van der Waals surface area contributed by atoms with Gasteiger partial charge in [0.15, 0.2) is 5.44 Å². The van der Waals surface area contributed by atoms with Gasteiger partial charge < -0.3 is 4.74 Å². The third-order valence-electron chi connectivity index (χ3n) is 2.17. The second-order valence-electron chi connectivity index (χ2n) is 3.12. The van der Waals surface area contributed by atoms with E-state index >= 15 is 0 Å². The van der Waals surface area contributed by atoms with E-state index < -0.39 is 26.8 Å². The number of hydrogen-bond acceptors (Lipinski definition) is 5. The maximum atomic E-state index is 11.7. The van der Waals surface area contributed by atoms with Crippen LogP contribution in [-0.2, 0) is 14.8 Å². The summed E-state index contributed by atoms with van der Waals surface area (Å²) >= 11 is 1.27. The van der Waals surface area contributed by atoms with Crippen molar-refractivity contribution in [2.75, 3.05) is 7.05 Å². The molecule has 0 N–H and O–H groups in total. The van der Waals surface area contributed by atoms with Crippen molar-refractivity contribution in [2.24, 2.45) is 0 Å². The summed E-state index contributed by atoms with van der Waals surface area (Å²) in [6.07, 6.45) is 0.815. The van der Waals surface area contributed by atoms with E-state index in [1.807, 2.05) is 27.7 Å². The molecule has 0 bridgehead atoms. The maximum Gasteiger partial charge on any atom is 0.424 e. The highest BCUT2D eigenvalue weighted by Gasteiger charge is 2.48. The number of carbonyl (C=O) groups is 1. The lowest BCUT2D eigenvalue weighted by atomic mass is 10.4. The van der Waals surface area contributed by atoms with Crippen LogP contribution in [-0.4, -0.2) is 36.5 Å². The lowest BCUT2D eigenvalue weighted by Crippen LogP contribution is -2.50. The van der Waals surface area contributed by atoms with Crippen LogP contribution >= 0.6 is 11.8 Å². The number of sulfonamides is 1. The van der Waals surface area contributed by atoms with E-state index in [0.29, 0.717) is 4.31 Å². The summed E-state index contributed by atoms with van der Waals surface area (Å²) in [6, 6.07) is 0. The number of amides is 1. The van der Waals surface area contributed by atoms with Crippen LogP contribution in [0.4, 0.5) is 4.79 Å². The topological polar surface area (TPSA) is 63.7 Å². The van der Waals surface area contributed by atoms with Crippen molar-refractivity contribution in [2.45, 2.75) is 45.3 Å². The van der Waals surface area contributed by atoms with Gasteiger partial charge in [0.25, 0.3) is 10.0 Å². The van der Waals surface area contributed by atoms with E-state index in [1.165, 1.54) is 18.8 Å². The molecule has 0 aromatic carbocycles. The molecule has 106 valence electrons. The van der Waals surface area contributed by atoms with Crippen LogP contribution in [0.1, 0.15) is 34.6 Å². The van der Waals surface area contributed by atoms with Crippen molar-refractivity contribution in [3.05, 3.63) is 11.0 Å². The van der Waals surface area contributed by atoms with Crippen LogP contribution in [0.5, 0.6) is 0 Å². The molecule has 0 spiro atoms. The number of thioether (sulfide) groups is 1. The van der Waals surface area contributed by atoms with Gasteiger partial charge in [0.1, 0.15) is 5.25 Å². The van der Waals surface area contributed by atoms with Crippen LogP contribution in [0, 0.1) is 0 Å². The standard InChI is InChI=1S/C7H9NO4S2.2C2H6/c1-4-3-5-6(13-4)12-7(9)8(2)14(5,10)11;2*1-2/h3,5-6H,1-2H3;2*1-2H3. The highest BCUT2D eigenvalue weighted by atomic mass is 32.2. The minimum Gasteiger partial charge on any atom is -0.432 e. The monoisotopic (exact) mass is 295 g/mol. The number of rotatable bonds is 0. The number of allylic oxidation sites excluding steroid dienone is 1. The number of fused-ring (bicyclic) bond motifs is 1. The normalized spacial score (nSPS) is 27.8. The van der Waals surface area contributed by atoms with Gasteiger partial charge in [-0.25, -0.2) is 17.5 Å². The third-order valence-corrected chi connectivity index (χ3v) is 5.45. The fraction of sp³-hybridized carbons (Fsp3) is 0.727. The van der Waals surface area contributed by atoms with Gasteiger partial charge in [-0.3, -0.25) is 0 Å². The Labute approximate surface area is 114 Å². The highest BCUT2D eigenvalue weighted by Crippen LogP contribution is 2.40. The molecule has 7 heteroatoms. The first kappa shape index (κ1) is 17.3. The lowest BCUT2D eigenvalue weighted by molar-refractivity contribution is 0.112. The fourth-order valence-corrected chi connectivity index (χ4v) is 4.31. The molecular weight excluding hydrogens is 274 g/mol. The molecule has 0 saturated carbocycles. The zero-order valence-corrected chi connectivity index (χ0v) is 13.3. The summed E-state index contributed by atoms with van der Waals surface area (Å²) in [5, 5.41) is -0.727. The van der Waals surface area contributed by atoms with E-state index in [2.05, 4.69) is 0 Å². The molecule has 2 aliphatic heterocycles. The van der Waals surface area contributed by atoms with E-state index in [0.717, 1.165) is 4.91 Å². The first-order valence-corrected chi connectivity index (χ1v) is 8.34. The van der Waals surface area contributed by atoms with Crippen LogP contribution in [0.15, 0.2) is 11.0 Å². The average molecular weight is 295 g/mol. The van der Waals surface area contributed by atoms with Crippen molar-refractivity contribution >= 4 is 27.9 Å². The van der Waals surface area contributed by atoms with Gasteiger partial charge in [0.2, 0.25) is 0 Å². The van der Waals surface area contributed by atoms with Crippen LogP contribution in [0.2, 0.25) is 0 Å². The molecule has 2 rings (SSSR count). The number of ether oxygens (including phenoxy) is 1. The van der Waals surface area contributed by atoms with Gasteiger partial charge in [-0.05, 0) is 11.8 Å². The predicted octanol–water partition coefficient (Wildman–Crippen LogP) is 2.80. The van der Waals surface area contributed by atoms with E-state index in [4.69, 9.17) is 4.74 Å². The van der Waals surface area contributed by atoms with E-state index in [1.54, 1.807) is 13.0 Å². The first-order valence-electron chi connectivity index (χ1n) is 5.96. The number of hydrogen-bond donors (Lipinski definition) is 0. The second-order valence-corrected chi connectivity index (χ2v) is 6.59. The van der Waals surface area contributed by atoms with Gasteiger partial charge in [-0.2, -0.15) is 0 Å². The molecule has 1 amide bonds. The van der Waals surface area contributed by atoms with Gasteiger partial charge >= 0.3 is 6.09 Å². The molecule has 18 heavy (non-hydrogen) atoms.